The Morgan fingerprint density at radius 3 is 1.71 bits per heavy atom. The van der Waals surface area contributed by atoms with E-state index in [1.54, 1.807) is 0 Å². The molecule has 0 saturated heterocycles. The SMILES string of the molecule is CCCCCCCCC[C@H](CCCCCCCC(=O)O)OC(C)C. The smallest absolute Gasteiger partial charge is 0.303 e. The van der Waals surface area contributed by atoms with Crippen molar-refractivity contribution in [1.82, 2.24) is 0 Å². The summed E-state index contributed by atoms with van der Waals surface area (Å²) in [6, 6.07) is 0. The molecule has 0 spiro atoms. The van der Waals surface area contributed by atoms with Gasteiger partial charge in [-0.25, -0.2) is 0 Å². The molecule has 0 radical (unpaired) electrons. The van der Waals surface area contributed by atoms with Gasteiger partial charge in [-0.3, -0.25) is 4.79 Å². The minimum atomic E-state index is -0.671. The largest absolute Gasteiger partial charge is 0.481 e. The lowest BCUT2D eigenvalue weighted by molar-refractivity contribution is -0.137. The molecule has 144 valence electrons. The number of carboxylic acid groups (broad SMARTS) is 1. The van der Waals surface area contributed by atoms with Crippen LogP contribution in [0.3, 0.4) is 0 Å². The van der Waals surface area contributed by atoms with Crippen molar-refractivity contribution in [3.8, 4) is 0 Å². The topological polar surface area (TPSA) is 46.5 Å². The van der Waals surface area contributed by atoms with Crippen molar-refractivity contribution in [1.29, 1.82) is 0 Å². The van der Waals surface area contributed by atoms with Gasteiger partial charge in [-0.2, -0.15) is 0 Å². The quantitative estimate of drug-likeness (QED) is 0.281. The van der Waals surface area contributed by atoms with Crippen LogP contribution < -0.4 is 0 Å². The summed E-state index contributed by atoms with van der Waals surface area (Å²) < 4.78 is 6.08. The van der Waals surface area contributed by atoms with Crippen LogP contribution in [-0.2, 0) is 9.53 Å². The molecular weight excluding hydrogens is 300 g/mol. The van der Waals surface area contributed by atoms with Crippen molar-refractivity contribution >= 4 is 5.97 Å². The Hall–Kier alpha value is -0.570. The molecule has 24 heavy (non-hydrogen) atoms. The zero-order valence-corrected chi connectivity index (χ0v) is 16.5. The summed E-state index contributed by atoms with van der Waals surface area (Å²) in [5.41, 5.74) is 0. The predicted octanol–water partition coefficient (Wildman–Crippen LogP) is 6.74. The highest BCUT2D eigenvalue weighted by atomic mass is 16.5. The molecule has 0 rings (SSSR count). The third-order valence-electron chi connectivity index (χ3n) is 4.51. The molecule has 0 aromatic rings. The third kappa shape index (κ3) is 17.8. The Kier molecular flexibility index (Phi) is 16.8. The summed E-state index contributed by atoms with van der Waals surface area (Å²) in [6.45, 7) is 6.52. The van der Waals surface area contributed by atoms with Gasteiger partial charge in [0.2, 0.25) is 0 Å². The first kappa shape index (κ1) is 23.4. The zero-order chi connectivity index (χ0) is 18.0. The van der Waals surface area contributed by atoms with E-state index in [9.17, 15) is 4.79 Å². The van der Waals surface area contributed by atoms with Gasteiger partial charge in [-0.05, 0) is 33.1 Å². The molecule has 0 aliphatic rings. The summed E-state index contributed by atoms with van der Waals surface area (Å²) >= 11 is 0. The monoisotopic (exact) mass is 342 g/mol. The van der Waals surface area contributed by atoms with Crippen molar-refractivity contribution in [2.24, 2.45) is 0 Å². The second kappa shape index (κ2) is 17.3. The van der Waals surface area contributed by atoms with E-state index in [0.29, 0.717) is 18.6 Å². The summed E-state index contributed by atoms with van der Waals surface area (Å²) in [4.78, 5) is 10.5. The molecule has 0 aliphatic carbocycles. The average molecular weight is 343 g/mol. The average Bonchev–Trinajstić information content (AvgIpc) is 2.52. The van der Waals surface area contributed by atoms with Gasteiger partial charge in [0.25, 0.3) is 0 Å². The summed E-state index contributed by atoms with van der Waals surface area (Å²) in [5, 5.41) is 8.62. The second-order valence-electron chi connectivity index (χ2n) is 7.42. The van der Waals surface area contributed by atoms with Crippen molar-refractivity contribution in [3.05, 3.63) is 0 Å². The van der Waals surface area contributed by atoms with E-state index in [0.717, 1.165) is 25.7 Å². The molecule has 0 aromatic heterocycles. The van der Waals surface area contributed by atoms with E-state index in [-0.39, 0.29) is 0 Å². The van der Waals surface area contributed by atoms with Crippen molar-refractivity contribution in [2.75, 3.05) is 0 Å². The highest BCUT2D eigenvalue weighted by Crippen LogP contribution is 2.18. The van der Waals surface area contributed by atoms with Crippen LogP contribution in [0.4, 0.5) is 0 Å². The Bertz CT molecular complexity index is 276. The van der Waals surface area contributed by atoms with E-state index in [1.165, 1.54) is 64.2 Å². The molecule has 0 heterocycles. The van der Waals surface area contributed by atoms with Crippen LogP contribution in [0.1, 0.15) is 117 Å². The van der Waals surface area contributed by atoms with Crippen LogP contribution >= 0.6 is 0 Å². The molecule has 0 unspecified atom stereocenters. The molecule has 3 nitrogen and oxygen atoms in total. The van der Waals surface area contributed by atoms with E-state index in [2.05, 4.69) is 20.8 Å². The van der Waals surface area contributed by atoms with Crippen LogP contribution in [0.15, 0.2) is 0 Å². The normalized spacial score (nSPS) is 12.7. The van der Waals surface area contributed by atoms with Gasteiger partial charge in [-0.1, -0.05) is 77.6 Å². The number of ether oxygens (including phenoxy) is 1. The first-order valence-electron chi connectivity index (χ1n) is 10.4. The maximum atomic E-state index is 10.5. The fourth-order valence-corrected chi connectivity index (χ4v) is 3.17. The molecule has 1 atom stereocenters. The molecule has 0 aromatic carbocycles. The number of carboxylic acids is 1. The fourth-order valence-electron chi connectivity index (χ4n) is 3.17. The second-order valence-corrected chi connectivity index (χ2v) is 7.42. The lowest BCUT2D eigenvalue weighted by Gasteiger charge is -2.20. The first-order chi connectivity index (χ1) is 11.6. The van der Waals surface area contributed by atoms with Crippen molar-refractivity contribution in [2.45, 2.75) is 129 Å². The molecule has 0 fully saturated rings. The standard InChI is InChI=1S/C21H42O3/c1-4-5-6-7-8-10-13-16-20(24-19(2)3)17-14-11-9-12-15-18-21(22)23/h19-20H,4-18H2,1-3H3,(H,22,23)/t20-/m1/s1. The molecule has 3 heteroatoms. The van der Waals surface area contributed by atoms with E-state index in [1.807, 2.05) is 0 Å². The first-order valence-corrected chi connectivity index (χ1v) is 10.4. The highest BCUT2D eigenvalue weighted by Gasteiger charge is 2.10. The predicted molar refractivity (Wildman–Crippen MR) is 103 cm³/mol. The lowest BCUT2D eigenvalue weighted by Crippen LogP contribution is -2.18. The van der Waals surface area contributed by atoms with Crippen molar-refractivity contribution < 1.29 is 14.6 Å². The van der Waals surface area contributed by atoms with E-state index in [4.69, 9.17) is 9.84 Å². The molecule has 1 N–H and O–H groups in total. The highest BCUT2D eigenvalue weighted by molar-refractivity contribution is 5.66. The fraction of sp³-hybridized carbons (Fsp3) is 0.952. The van der Waals surface area contributed by atoms with Gasteiger partial charge < -0.3 is 9.84 Å². The molecule has 0 bridgehead atoms. The van der Waals surface area contributed by atoms with E-state index >= 15 is 0 Å². The maximum Gasteiger partial charge on any atom is 0.303 e. The molecule has 0 amide bonds. The minimum Gasteiger partial charge on any atom is -0.481 e. The number of hydrogen-bond donors (Lipinski definition) is 1. The molecular formula is C21H42O3. The Morgan fingerprint density at radius 1 is 0.792 bits per heavy atom. The Morgan fingerprint density at radius 2 is 1.25 bits per heavy atom. The van der Waals surface area contributed by atoms with Gasteiger partial charge in [0.05, 0.1) is 12.2 Å². The summed E-state index contributed by atoms with van der Waals surface area (Å²) in [6.07, 6.45) is 18.3. The van der Waals surface area contributed by atoms with Crippen LogP contribution in [0.25, 0.3) is 0 Å². The van der Waals surface area contributed by atoms with Crippen LogP contribution in [-0.4, -0.2) is 23.3 Å². The Labute approximate surface area is 150 Å². The molecule has 0 aliphatic heterocycles. The van der Waals surface area contributed by atoms with Gasteiger partial charge in [0.1, 0.15) is 0 Å². The van der Waals surface area contributed by atoms with Crippen molar-refractivity contribution in [3.63, 3.8) is 0 Å². The van der Waals surface area contributed by atoms with E-state index < -0.39 is 5.97 Å². The number of hydrogen-bond acceptors (Lipinski definition) is 2. The van der Waals surface area contributed by atoms with Crippen LogP contribution in [0.2, 0.25) is 0 Å². The van der Waals surface area contributed by atoms with Gasteiger partial charge >= 0.3 is 5.97 Å². The minimum absolute atomic E-state index is 0.315. The van der Waals surface area contributed by atoms with Crippen LogP contribution in [0, 0.1) is 0 Å². The molecule has 0 saturated carbocycles. The number of carbonyl (C=O) groups is 1. The summed E-state index contributed by atoms with van der Waals surface area (Å²) in [5.74, 6) is -0.671. The van der Waals surface area contributed by atoms with Gasteiger partial charge in [-0.15, -0.1) is 0 Å². The number of unbranched alkanes of at least 4 members (excludes halogenated alkanes) is 10. The summed E-state index contributed by atoms with van der Waals surface area (Å²) in [7, 11) is 0. The van der Waals surface area contributed by atoms with Gasteiger partial charge in [0, 0.05) is 6.42 Å². The number of aliphatic carboxylic acids is 1. The Balaban J connectivity index is 3.64. The maximum absolute atomic E-state index is 10.5. The third-order valence-corrected chi connectivity index (χ3v) is 4.51. The zero-order valence-electron chi connectivity index (χ0n) is 16.5. The van der Waals surface area contributed by atoms with Gasteiger partial charge in [0.15, 0.2) is 0 Å². The lowest BCUT2D eigenvalue weighted by atomic mass is 10.0. The number of rotatable bonds is 18. The van der Waals surface area contributed by atoms with Crippen LogP contribution in [0.5, 0.6) is 0 Å².